The summed E-state index contributed by atoms with van der Waals surface area (Å²) >= 11 is 0. The van der Waals surface area contributed by atoms with E-state index in [0.29, 0.717) is 12.2 Å². The van der Waals surface area contributed by atoms with Gasteiger partial charge in [0.1, 0.15) is 0 Å². The van der Waals surface area contributed by atoms with E-state index in [1.54, 1.807) is 6.07 Å². The Morgan fingerprint density at radius 1 is 1.56 bits per heavy atom. The molecule has 1 heterocycles. The molecule has 1 fully saturated rings. The number of carbonyl (C=O) groups excluding carboxylic acids is 1. The highest BCUT2D eigenvalue weighted by Gasteiger charge is 2.19. The zero-order chi connectivity index (χ0) is 11.5. The molecule has 4 nitrogen and oxygen atoms in total. The van der Waals surface area contributed by atoms with Gasteiger partial charge in [-0.25, -0.2) is 0 Å². The molecule has 1 amide bonds. The summed E-state index contributed by atoms with van der Waals surface area (Å²) in [4.78, 5) is 11.2. The van der Waals surface area contributed by atoms with Gasteiger partial charge in [-0.15, -0.1) is 0 Å². The van der Waals surface area contributed by atoms with Crippen molar-refractivity contribution in [1.82, 2.24) is 5.32 Å². The van der Waals surface area contributed by atoms with Crippen molar-refractivity contribution in [2.45, 2.75) is 13.0 Å². The fourth-order valence-electron chi connectivity index (χ4n) is 2.03. The van der Waals surface area contributed by atoms with Crippen molar-refractivity contribution in [3.63, 3.8) is 0 Å². The van der Waals surface area contributed by atoms with Crippen LogP contribution in [-0.4, -0.2) is 25.6 Å². The van der Waals surface area contributed by atoms with Gasteiger partial charge in [0, 0.05) is 18.7 Å². The van der Waals surface area contributed by atoms with Crippen molar-refractivity contribution in [3.05, 3.63) is 34.9 Å². The van der Waals surface area contributed by atoms with Crippen LogP contribution in [0.4, 0.5) is 0 Å². The van der Waals surface area contributed by atoms with E-state index in [4.69, 9.17) is 10.5 Å². The number of rotatable bonds is 2. The summed E-state index contributed by atoms with van der Waals surface area (Å²) in [6.45, 7) is 4.27. The number of hydrogen-bond donors (Lipinski definition) is 2. The molecule has 4 heteroatoms. The maximum atomic E-state index is 11.2. The average molecular weight is 220 g/mol. The first-order valence-corrected chi connectivity index (χ1v) is 5.42. The van der Waals surface area contributed by atoms with Gasteiger partial charge in [0.25, 0.3) is 0 Å². The van der Waals surface area contributed by atoms with Crippen molar-refractivity contribution >= 4 is 5.91 Å². The number of primary amides is 1. The summed E-state index contributed by atoms with van der Waals surface area (Å²) in [5.74, 6) is -0.386. The monoisotopic (exact) mass is 220 g/mol. The smallest absolute Gasteiger partial charge is 0.248 e. The quantitative estimate of drug-likeness (QED) is 0.773. The molecular weight excluding hydrogens is 204 g/mol. The maximum Gasteiger partial charge on any atom is 0.248 e. The summed E-state index contributed by atoms with van der Waals surface area (Å²) in [7, 11) is 0. The normalized spacial score (nSPS) is 20.7. The Balaban J connectivity index is 2.33. The van der Waals surface area contributed by atoms with Crippen molar-refractivity contribution in [1.29, 1.82) is 0 Å². The summed E-state index contributed by atoms with van der Waals surface area (Å²) in [6, 6.07) is 5.58. The van der Waals surface area contributed by atoms with E-state index in [-0.39, 0.29) is 12.0 Å². The molecule has 1 aliphatic heterocycles. The number of nitrogens with two attached hydrogens (primary N) is 1. The SMILES string of the molecule is Cc1c(C(N)=O)cccc1C1CNCCO1. The molecule has 2 rings (SSSR count). The lowest BCUT2D eigenvalue weighted by molar-refractivity contribution is 0.0273. The number of amides is 1. The molecule has 0 radical (unpaired) electrons. The molecule has 0 aromatic heterocycles. The van der Waals surface area contributed by atoms with Gasteiger partial charge in [0.15, 0.2) is 0 Å². The first kappa shape index (κ1) is 11.1. The number of benzene rings is 1. The molecule has 1 aliphatic rings. The van der Waals surface area contributed by atoms with Crippen LogP contribution in [0.1, 0.15) is 27.6 Å². The number of hydrogen-bond acceptors (Lipinski definition) is 3. The molecule has 1 aromatic carbocycles. The molecule has 1 unspecified atom stereocenters. The third-order valence-corrected chi connectivity index (χ3v) is 2.92. The Morgan fingerprint density at radius 3 is 3.00 bits per heavy atom. The average Bonchev–Trinajstić information content (AvgIpc) is 2.30. The Labute approximate surface area is 94.8 Å². The van der Waals surface area contributed by atoms with Crippen LogP contribution in [0, 0.1) is 6.92 Å². The highest BCUT2D eigenvalue weighted by molar-refractivity contribution is 5.94. The second kappa shape index (κ2) is 4.63. The van der Waals surface area contributed by atoms with Gasteiger partial charge in [-0.3, -0.25) is 4.79 Å². The zero-order valence-electron chi connectivity index (χ0n) is 9.32. The van der Waals surface area contributed by atoms with Gasteiger partial charge < -0.3 is 15.8 Å². The van der Waals surface area contributed by atoms with Crippen LogP contribution in [0.25, 0.3) is 0 Å². The number of nitrogens with one attached hydrogen (secondary N) is 1. The minimum absolute atomic E-state index is 0.0213. The minimum Gasteiger partial charge on any atom is -0.371 e. The maximum absolute atomic E-state index is 11.2. The lowest BCUT2D eigenvalue weighted by Gasteiger charge is -2.25. The van der Waals surface area contributed by atoms with Gasteiger partial charge in [-0.2, -0.15) is 0 Å². The second-order valence-corrected chi connectivity index (χ2v) is 3.95. The molecule has 1 saturated heterocycles. The van der Waals surface area contributed by atoms with Gasteiger partial charge in [0.2, 0.25) is 5.91 Å². The summed E-state index contributed by atoms with van der Waals surface area (Å²) in [6.07, 6.45) is 0.0213. The number of carbonyl (C=O) groups is 1. The molecular formula is C12H16N2O2. The molecule has 0 bridgehead atoms. The van der Waals surface area contributed by atoms with Gasteiger partial charge >= 0.3 is 0 Å². The van der Waals surface area contributed by atoms with Crippen LogP contribution < -0.4 is 11.1 Å². The Hall–Kier alpha value is -1.39. The lowest BCUT2D eigenvalue weighted by Crippen LogP contribution is -2.33. The fourth-order valence-corrected chi connectivity index (χ4v) is 2.03. The van der Waals surface area contributed by atoms with Crippen LogP contribution in [0.3, 0.4) is 0 Å². The first-order valence-electron chi connectivity index (χ1n) is 5.42. The first-order chi connectivity index (χ1) is 7.70. The van der Waals surface area contributed by atoms with Gasteiger partial charge in [0.05, 0.1) is 12.7 Å². The molecule has 16 heavy (non-hydrogen) atoms. The van der Waals surface area contributed by atoms with Crippen LogP contribution >= 0.6 is 0 Å². The van der Waals surface area contributed by atoms with E-state index in [2.05, 4.69) is 5.32 Å². The Kier molecular flexibility index (Phi) is 3.22. The van der Waals surface area contributed by atoms with E-state index in [0.717, 1.165) is 24.2 Å². The van der Waals surface area contributed by atoms with E-state index >= 15 is 0 Å². The molecule has 0 aliphatic carbocycles. The minimum atomic E-state index is -0.386. The largest absolute Gasteiger partial charge is 0.371 e. The van der Waals surface area contributed by atoms with E-state index in [1.807, 2.05) is 19.1 Å². The van der Waals surface area contributed by atoms with Gasteiger partial charge in [-0.05, 0) is 24.1 Å². The van der Waals surface area contributed by atoms with Crippen LogP contribution in [0.15, 0.2) is 18.2 Å². The number of morpholine rings is 1. The van der Waals surface area contributed by atoms with Crippen molar-refractivity contribution < 1.29 is 9.53 Å². The summed E-state index contributed by atoms with van der Waals surface area (Å²) in [5, 5.41) is 3.27. The molecule has 1 aromatic rings. The third kappa shape index (κ3) is 2.08. The highest BCUT2D eigenvalue weighted by atomic mass is 16.5. The van der Waals surface area contributed by atoms with Crippen molar-refractivity contribution in [2.24, 2.45) is 5.73 Å². The molecule has 3 N–H and O–H groups in total. The summed E-state index contributed by atoms with van der Waals surface area (Å²) < 4.78 is 5.66. The van der Waals surface area contributed by atoms with E-state index < -0.39 is 0 Å². The number of ether oxygens (including phenoxy) is 1. The van der Waals surface area contributed by atoms with E-state index in [9.17, 15) is 4.79 Å². The highest BCUT2D eigenvalue weighted by Crippen LogP contribution is 2.24. The van der Waals surface area contributed by atoms with Crippen LogP contribution in [-0.2, 0) is 4.74 Å². The van der Waals surface area contributed by atoms with Crippen molar-refractivity contribution in [3.8, 4) is 0 Å². The Bertz CT molecular complexity index is 398. The lowest BCUT2D eigenvalue weighted by atomic mass is 9.97. The van der Waals surface area contributed by atoms with Crippen LogP contribution in [0.2, 0.25) is 0 Å². The molecule has 0 spiro atoms. The van der Waals surface area contributed by atoms with Crippen molar-refractivity contribution in [2.75, 3.05) is 19.7 Å². The van der Waals surface area contributed by atoms with Crippen LogP contribution in [0.5, 0.6) is 0 Å². The standard InChI is InChI=1S/C12H16N2O2/c1-8-9(11-7-14-5-6-16-11)3-2-4-10(8)12(13)15/h2-4,11,14H,5-7H2,1H3,(H2,13,15). The predicted molar refractivity (Wildman–Crippen MR) is 61.3 cm³/mol. The molecule has 86 valence electrons. The predicted octanol–water partition coefficient (Wildman–Crippen LogP) is 0.755. The summed E-state index contributed by atoms with van der Waals surface area (Å²) in [5.41, 5.74) is 7.86. The third-order valence-electron chi connectivity index (χ3n) is 2.92. The zero-order valence-corrected chi connectivity index (χ0v) is 9.32. The topological polar surface area (TPSA) is 64.4 Å². The van der Waals surface area contributed by atoms with Gasteiger partial charge in [-0.1, -0.05) is 12.1 Å². The Morgan fingerprint density at radius 2 is 2.38 bits per heavy atom. The second-order valence-electron chi connectivity index (χ2n) is 3.95. The van der Waals surface area contributed by atoms with E-state index in [1.165, 1.54) is 0 Å². The molecule has 0 saturated carbocycles. The molecule has 1 atom stereocenters. The fraction of sp³-hybridized carbons (Fsp3) is 0.417.